The first-order valence-corrected chi connectivity index (χ1v) is 8.97. The third kappa shape index (κ3) is 4.97. The van der Waals surface area contributed by atoms with Crippen LogP contribution in [0.4, 0.5) is 0 Å². The van der Waals surface area contributed by atoms with E-state index < -0.39 is 10.0 Å². The summed E-state index contributed by atoms with van der Waals surface area (Å²) in [6.07, 6.45) is 0. The predicted octanol–water partition coefficient (Wildman–Crippen LogP) is 2.96. The lowest BCUT2D eigenvalue weighted by atomic mass is 10.2. The van der Waals surface area contributed by atoms with Gasteiger partial charge in [0.1, 0.15) is 11.5 Å². The molecule has 124 valence electrons. The molecule has 0 unspecified atom stereocenters. The summed E-state index contributed by atoms with van der Waals surface area (Å²) >= 11 is 0. The topological polar surface area (TPSA) is 64.6 Å². The predicted molar refractivity (Wildman–Crippen MR) is 89.2 cm³/mol. The van der Waals surface area contributed by atoms with Crippen molar-refractivity contribution in [2.75, 3.05) is 13.2 Å². The molecule has 1 N–H and O–H groups in total. The molecule has 0 spiro atoms. The van der Waals surface area contributed by atoms with Gasteiger partial charge in [-0.2, -0.15) is 0 Å². The minimum Gasteiger partial charge on any atom is -0.494 e. The lowest BCUT2D eigenvalue weighted by molar-refractivity contribution is 0.339. The Morgan fingerprint density at radius 3 is 2.22 bits per heavy atom. The molecule has 0 bridgehead atoms. The number of benzene rings is 2. The summed E-state index contributed by atoms with van der Waals surface area (Å²) in [5, 5.41) is 0. The van der Waals surface area contributed by atoms with Crippen LogP contribution in [0.5, 0.6) is 11.5 Å². The molecular weight excluding hydrogens is 314 g/mol. The van der Waals surface area contributed by atoms with Gasteiger partial charge in [0.05, 0.1) is 18.1 Å². The maximum atomic E-state index is 12.3. The van der Waals surface area contributed by atoms with Crippen LogP contribution in [0.3, 0.4) is 0 Å². The summed E-state index contributed by atoms with van der Waals surface area (Å²) in [5.41, 5.74) is 0.838. The number of rotatable bonds is 8. The summed E-state index contributed by atoms with van der Waals surface area (Å²) in [4.78, 5) is 0.210. The van der Waals surface area contributed by atoms with E-state index in [1.807, 2.05) is 38.1 Å². The molecule has 2 rings (SSSR count). The molecule has 0 aromatic heterocycles. The van der Waals surface area contributed by atoms with Crippen LogP contribution >= 0.6 is 0 Å². The maximum absolute atomic E-state index is 12.3. The Hall–Kier alpha value is -2.05. The fourth-order valence-corrected chi connectivity index (χ4v) is 3.07. The second-order valence-corrected chi connectivity index (χ2v) is 6.58. The van der Waals surface area contributed by atoms with Crippen molar-refractivity contribution in [3.63, 3.8) is 0 Å². The van der Waals surface area contributed by atoms with Crippen molar-refractivity contribution in [2.45, 2.75) is 25.3 Å². The Morgan fingerprint density at radius 2 is 1.57 bits per heavy atom. The highest BCUT2D eigenvalue weighted by Gasteiger charge is 2.13. The molecule has 23 heavy (non-hydrogen) atoms. The van der Waals surface area contributed by atoms with E-state index in [2.05, 4.69) is 4.72 Å². The van der Waals surface area contributed by atoms with Crippen molar-refractivity contribution in [3.8, 4) is 11.5 Å². The van der Waals surface area contributed by atoms with E-state index >= 15 is 0 Å². The van der Waals surface area contributed by atoms with Gasteiger partial charge in [-0.05, 0) is 55.8 Å². The van der Waals surface area contributed by atoms with Crippen LogP contribution in [-0.4, -0.2) is 21.6 Å². The zero-order valence-corrected chi connectivity index (χ0v) is 14.1. The normalized spacial score (nSPS) is 11.2. The van der Waals surface area contributed by atoms with Crippen LogP contribution in [-0.2, 0) is 16.6 Å². The molecule has 0 saturated heterocycles. The average Bonchev–Trinajstić information content (AvgIpc) is 2.55. The zero-order valence-electron chi connectivity index (χ0n) is 13.3. The summed E-state index contributed by atoms with van der Waals surface area (Å²) in [7, 11) is -3.56. The summed E-state index contributed by atoms with van der Waals surface area (Å²) < 4.78 is 37.9. The van der Waals surface area contributed by atoms with Crippen molar-refractivity contribution >= 4 is 10.0 Å². The molecule has 0 fully saturated rings. The standard InChI is InChI=1S/C17H21NO4S/c1-3-21-15-8-10-17(11-9-15)23(19,20)18-13-14-6-5-7-16(12-14)22-4-2/h5-12,18H,3-4,13H2,1-2H3. The SMILES string of the molecule is CCOc1ccc(S(=O)(=O)NCc2cccc(OCC)c2)cc1. The highest BCUT2D eigenvalue weighted by atomic mass is 32.2. The Bertz CT molecular complexity index is 727. The van der Waals surface area contributed by atoms with Crippen LogP contribution in [0.25, 0.3) is 0 Å². The lowest BCUT2D eigenvalue weighted by Gasteiger charge is -2.09. The third-order valence-corrected chi connectivity index (χ3v) is 4.54. The lowest BCUT2D eigenvalue weighted by Crippen LogP contribution is -2.23. The largest absolute Gasteiger partial charge is 0.494 e. The first kappa shape index (κ1) is 17.3. The second kappa shape index (κ2) is 7.99. The Balaban J connectivity index is 2.04. The van der Waals surface area contributed by atoms with E-state index in [-0.39, 0.29) is 11.4 Å². The Kier molecular flexibility index (Phi) is 6.01. The number of hydrogen-bond acceptors (Lipinski definition) is 4. The molecule has 2 aromatic rings. The highest BCUT2D eigenvalue weighted by Crippen LogP contribution is 2.17. The molecule has 5 nitrogen and oxygen atoms in total. The van der Waals surface area contributed by atoms with E-state index in [1.165, 1.54) is 12.1 Å². The van der Waals surface area contributed by atoms with Crippen LogP contribution in [0, 0.1) is 0 Å². The second-order valence-electron chi connectivity index (χ2n) is 4.81. The molecular formula is C17H21NO4S. The van der Waals surface area contributed by atoms with E-state index in [0.29, 0.717) is 19.0 Å². The first-order valence-electron chi connectivity index (χ1n) is 7.49. The number of nitrogens with one attached hydrogen (secondary N) is 1. The van der Waals surface area contributed by atoms with E-state index in [0.717, 1.165) is 11.3 Å². The van der Waals surface area contributed by atoms with Gasteiger partial charge >= 0.3 is 0 Å². The fraction of sp³-hybridized carbons (Fsp3) is 0.294. The van der Waals surface area contributed by atoms with Crippen molar-refractivity contribution < 1.29 is 17.9 Å². The van der Waals surface area contributed by atoms with Gasteiger partial charge in [-0.3, -0.25) is 0 Å². The van der Waals surface area contributed by atoms with Crippen LogP contribution in [0.1, 0.15) is 19.4 Å². The number of ether oxygens (including phenoxy) is 2. The minimum atomic E-state index is -3.56. The quantitative estimate of drug-likeness (QED) is 0.805. The van der Waals surface area contributed by atoms with Gasteiger partial charge in [0, 0.05) is 6.54 Å². The molecule has 0 saturated carbocycles. The molecule has 0 radical (unpaired) electrons. The summed E-state index contributed by atoms with van der Waals surface area (Å²) in [6.45, 7) is 5.10. The van der Waals surface area contributed by atoms with Crippen molar-refractivity contribution in [2.24, 2.45) is 0 Å². The molecule has 0 heterocycles. The first-order chi connectivity index (χ1) is 11.0. The molecule has 0 aliphatic carbocycles. The molecule has 2 aromatic carbocycles. The van der Waals surface area contributed by atoms with E-state index in [4.69, 9.17) is 9.47 Å². The van der Waals surface area contributed by atoms with Crippen LogP contribution in [0.2, 0.25) is 0 Å². The monoisotopic (exact) mass is 335 g/mol. The van der Waals surface area contributed by atoms with Gasteiger partial charge in [-0.1, -0.05) is 12.1 Å². The smallest absolute Gasteiger partial charge is 0.240 e. The fourth-order valence-electron chi connectivity index (χ4n) is 2.06. The van der Waals surface area contributed by atoms with Gasteiger partial charge in [0.2, 0.25) is 10.0 Å². The van der Waals surface area contributed by atoms with Gasteiger partial charge in [0.15, 0.2) is 0 Å². The highest BCUT2D eigenvalue weighted by molar-refractivity contribution is 7.89. The minimum absolute atomic E-state index is 0.205. The number of hydrogen-bond donors (Lipinski definition) is 1. The van der Waals surface area contributed by atoms with E-state index in [9.17, 15) is 8.42 Å². The van der Waals surface area contributed by atoms with Crippen LogP contribution < -0.4 is 14.2 Å². The average molecular weight is 335 g/mol. The molecule has 0 aliphatic rings. The zero-order chi connectivity index (χ0) is 16.7. The van der Waals surface area contributed by atoms with Crippen molar-refractivity contribution in [1.82, 2.24) is 4.72 Å². The van der Waals surface area contributed by atoms with E-state index in [1.54, 1.807) is 12.1 Å². The Morgan fingerprint density at radius 1 is 0.913 bits per heavy atom. The molecule has 6 heteroatoms. The van der Waals surface area contributed by atoms with Crippen LogP contribution in [0.15, 0.2) is 53.4 Å². The maximum Gasteiger partial charge on any atom is 0.240 e. The molecule has 0 atom stereocenters. The van der Waals surface area contributed by atoms with Gasteiger partial charge in [0.25, 0.3) is 0 Å². The van der Waals surface area contributed by atoms with Crippen molar-refractivity contribution in [3.05, 3.63) is 54.1 Å². The summed E-state index contributed by atoms with van der Waals surface area (Å²) in [6, 6.07) is 13.7. The third-order valence-electron chi connectivity index (χ3n) is 3.12. The number of sulfonamides is 1. The molecule has 0 aliphatic heterocycles. The van der Waals surface area contributed by atoms with Gasteiger partial charge in [-0.15, -0.1) is 0 Å². The Labute approximate surface area is 137 Å². The van der Waals surface area contributed by atoms with Gasteiger partial charge in [-0.25, -0.2) is 13.1 Å². The summed E-state index contributed by atoms with van der Waals surface area (Å²) in [5.74, 6) is 1.38. The van der Waals surface area contributed by atoms with Crippen molar-refractivity contribution in [1.29, 1.82) is 0 Å². The van der Waals surface area contributed by atoms with Gasteiger partial charge < -0.3 is 9.47 Å². The molecule has 0 amide bonds.